The molecular weight excluding hydrogens is 466 g/mol. The van der Waals surface area contributed by atoms with Gasteiger partial charge < -0.3 is 14.4 Å². The minimum absolute atomic E-state index is 0.248. The molecule has 0 radical (unpaired) electrons. The molecule has 5 nitrogen and oxygen atoms in total. The first kappa shape index (κ1) is 19.3. The van der Waals surface area contributed by atoms with Crippen molar-refractivity contribution in [3.8, 4) is 0 Å². The van der Waals surface area contributed by atoms with Crippen LogP contribution in [0.1, 0.15) is 30.6 Å². The summed E-state index contributed by atoms with van der Waals surface area (Å²) in [6, 6.07) is 11.2. The van der Waals surface area contributed by atoms with E-state index in [-0.39, 0.29) is 11.8 Å². The highest BCUT2D eigenvalue weighted by molar-refractivity contribution is 9.13. The predicted molar refractivity (Wildman–Crippen MR) is 104 cm³/mol. The van der Waals surface area contributed by atoms with E-state index in [1.807, 2.05) is 34.9 Å². The lowest BCUT2D eigenvalue weighted by molar-refractivity contribution is -0.172. The Morgan fingerprint density at radius 2 is 1.92 bits per heavy atom. The van der Waals surface area contributed by atoms with Crippen LogP contribution in [0.25, 0.3) is 0 Å². The van der Waals surface area contributed by atoms with E-state index < -0.39 is 17.5 Å². The van der Waals surface area contributed by atoms with Crippen molar-refractivity contribution < 1.29 is 19.4 Å². The van der Waals surface area contributed by atoms with E-state index in [9.17, 15) is 14.7 Å². The maximum Gasteiger partial charge on any atom is 0.345 e. The van der Waals surface area contributed by atoms with Crippen LogP contribution in [0.3, 0.4) is 0 Å². The van der Waals surface area contributed by atoms with Crippen LogP contribution in [0.15, 0.2) is 45.5 Å². The predicted octanol–water partition coefficient (Wildman–Crippen LogP) is 3.77. The number of methoxy groups -OCH3 is 1. The number of aliphatic hydroxyl groups is 1. The van der Waals surface area contributed by atoms with E-state index >= 15 is 0 Å². The van der Waals surface area contributed by atoms with Crippen molar-refractivity contribution >= 4 is 43.6 Å². The third-order valence-electron chi connectivity index (χ3n) is 4.99. The van der Waals surface area contributed by atoms with Crippen molar-refractivity contribution in [2.45, 2.75) is 31.4 Å². The molecule has 3 rings (SSSR count). The molecule has 1 aliphatic rings. The summed E-state index contributed by atoms with van der Waals surface area (Å²) in [5.41, 5.74) is -0.509. The first-order chi connectivity index (χ1) is 12.3. The third-order valence-corrected chi connectivity index (χ3v) is 6.94. The Hall–Kier alpha value is -1.44. The standard InChI is InChI=1S/C19H19Br2NO4/c1-11(23)16-14(9-8-12-6-4-3-5-7-12)22-15(10-13(20)17(22)21)19(16,25)18(24)26-2/h3-7,10,14,16,25H,8-9H2,1-2H3/t14-,16-,19+/m1/s1. The minimum Gasteiger partial charge on any atom is -0.467 e. The second-order valence-electron chi connectivity index (χ2n) is 6.48. The molecule has 3 atom stereocenters. The molecule has 0 saturated heterocycles. The van der Waals surface area contributed by atoms with Crippen LogP contribution >= 0.6 is 31.9 Å². The van der Waals surface area contributed by atoms with Gasteiger partial charge in [-0.05, 0) is 63.3 Å². The van der Waals surface area contributed by atoms with E-state index in [4.69, 9.17) is 4.74 Å². The zero-order chi connectivity index (χ0) is 19.1. The van der Waals surface area contributed by atoms with Crippen LogP contribution < -0.4 is 0 Å². The van der Waals surface area contributed by atoms with E-state index in [1.165, 1.54) is 14.0 Å². The number of fused-ring (bicyclic) bond motifs is 1. The Balaban J connectivity index is 2.07. The number of carbonyl (C=O) groups is 2. The summed E-state index contributed by atoms with van der Waals surface area (Å²) >= 11 is 6.94. The first-order valence-electron chi connectivity index (χ1n) is 8.24. The highest BCUT2D eigenvalue weighted by atomic mass is 79.9. The summed E-state index contributed by atoms with van der Waals surface area (Å²) in [6.07, 6.45) is 1.31. The normalized spacial score (nSPS) is 24.3. The number of ketones is 1. The van der Waals surface area contributed by atoms with Gasteiger partial charge in [-0.2, -0.15) is 0 Å². The van der Waals surface area contributed by atoms with E-state index in [1.54, 1.807) is 6.07 Å². The topological polar surface area (TPSA) is 68.5 Å². The number of rotatable bonds is 5. The molecule has 0 unspecified atom stereocenters. The SMILES string of the molecule is COC(=O)[C@]1(O)c2cc(Br)c(Br)n2[C@H](CCc2ccccc2)[C@H]1C(C)=O. The average Bonchev–Trinajstić information content (AvgIpc) is 3.06. The smallest absolute Gasteiger partial charge is 0.345 e. The number of esters is 1. The van der Waals surface area contributed by atoms with Gasteiger partial charge in [-0.15, -0.1) is 0 Å². The number of carbonyl (C=O) groups excluding carboxylic acids is 2. The molecule has 26 heavy (non-hydrogen) atoms. The van der Waals surface area contributed by atoms with Crippen LogP contribution in [0.5, 0.6) is 0 Å². The maximum absolute atomic E-state index is 12.5. The Labute approximate surface area is 168 Å². The van der Waals surface area contributed by atoms with E-state index in [2.05, 4.69) is 31.9 Å². The molecule has 0 saturated carbocycles. The van der Waals surface area contributed by atoms with Crippen molar-refractivity contribution in [1.29, 1.82) is 0 Å². The highest BCUT2D eigenvalue weighted by Crippen LogP contribution is 2.52. The average molecular weight is 485 g/mol. The van der Waals surface area contributed by atoms with Crippen LogP contribution in [0, 0.1) is 5.92 Å². The molecule has 0 bridgehead atoms. The van der Waals surface area contributed by atoms with Crippen LogP contribution in [0.2, 0.25) is 0 Å². The molecule has 0 aliphatic carbocycles. The van der Waals surface area contributed by atoms with Crippen molar-refractivity contribution in [2.24, 2.45) is 5.92 Å². The summed E-state index contributed by atoms with van der Waals surface area (Å²) < 4.78 is 8.08. The number of aromatic nitrogens is 1. The Morgan fingerprint density at radius 3 is 2.50 bits per heavy atom. The summed E-state index contributed by atoms with van der Waals surface area (Å²) in [5.74, 6) is -1.97. The number of ether oxygens (including phenoxy) is 1. The molecule has 138 valence electrons. The van der Waals surface area contributed by atoms with Crippen LogP contribution in [0.4, 0.5) is 0 Å². The van der Waals surface area contributed by atoms with Gasteiger partial charge in [0, 0.05) is 6.04 Å². The monoisotopic (exact) mass is 483 g/mol. The number of Topliss-reactive ketones (excluding diaryl/α,β-unsaturated/α-hetero) is 1. The molecule has 2 aromatic rings. The Morgan fingerprint density at radius 1 is 1.27 bits per heavy atom. The van der Waals surface area contributed by atoms with E-state index in [0.29, 0.717) is 27.6 Å². The van der Waals surface area contributed by atoms with Gasteiger partial charge in [0.05, 0.1) is 27.8 Å². The van der Waals surface area contributed by atoms with Gasteiger partial charge in [0.15, 0.2) is 0 Å². The Bertz CT molecular complexity index is 849. The van der Waals surface area contributed by atoms with E-state index in [0.717, 1.165) is 5.56 Å². The molecule has 0 spiro atoms. The van der Waals surface area contributed by atoms with Gasteiger partial charge in [0.1, 0.15) is 5.78 Å². The van der Waals surface area contributed by atoms with Gasteiger partial charge in [-0.25, -0.2) is 4.79 Å². The van der Waals surface area contributed by atoms with Gasteiger partial charge in [0.25, 0.3) is 0 Å². The second-order valence-corrected chi connectivity index (χ2v) is 8.08. The molecule has 0 amide bonds. The van der Waals surface area contributed by atoms with Crippen molar-refractivity contribution in [3.05, 3.63) is 56.7 Å². The molecule has 1 aromatic carbocycles. The van der Waals surface area contributed by atoms with Gasteiger partial charge in [0.2, 0.25) is 5.60 Å². The number of halogens is 2. The number of aryl methyl sites for hydroxylation is 1. The first-order valence-corrected chi connectivity index (χ1v) is 9.82. The minimum atomic E-state index is -2.00. The number of hydrogen-bond acceptors (Lipinski definition) is 4. The van der Waals surface area contributed by atoms with Gasteiger partial charge in [-0.3, -0.25) is 4.79 Å². The molecule has 7 heteroatoms. The summed E-state index contributed by atoms with van der Waals surface area (Å²) in [7, 11) is 1.21. The second kappa shape index (κ2) is 7.29. The summed E-state index contributed by atoms with van der Waals surface area (Å²) in [4.78, 5) is 24.9. The quantitative estimate of drug-likeness (QED) is 0.656. The Kier molecular flexibility index (Phi) is 5.42. The lowest BCUT2D eigenvalue weighted by Crippen LogP contribution is -2.45. The summed E-state index contributed by atoms with van der Waals surface area (Å²) in [6.45, 7) is 1.41. The molecular formula is C19H19Br2NO4. The number of benzene rings is 1. The fourth-order valence-corrected chi connectivity index (χ4v) is 4.86. The lowest BCUT2D eigenvalue weighted by Gasteiger charge is -2.28. The summed E-state index contributed by atoms with van der Waals surface area (Å²) in [5, 5.41) is 11.3. The third kappa shape index (κ3) is 2.96. The van der Waals surface area contributed by atoms with Gasteiger partial charge in [-0.1, -0.05) is 30.3 Å². The van der Waals surface area contributed by atoms with Crippen LogP contribution in [-0.2, 0) is 26.3 Å². The van der Waals surface area contributed by atoms with Crippen LogP contribution in [-0.4, -0.2) is 28.5 Å². The lowest BCUT2D eigenvalue weighted by atomic mass is 9.79. The molecule has 1 N–H and O–H groups in total. The van der Waals surface area contributed by atoms with Crippen molar-refractivity contribution in [2.75, 3.05) is 7.11 Å². The zero-order valence-electron chi connectivity index (χ0n) is 14.4. The fraction of sp³-hybridized carbons (Fsp3) is 0.368. The molecule has 1 aliphatic heterocycles. The number of hydrogen-bond donors (Lipinski definition) is 1. The van der Waals surface area contributed by atoms with Crippen molar-refractivity contribution in [1.82, 2.24) is 4.57 Å². The zero-order valence-corrected chi connectivity index (χ0v) is 17.6. The maximum atomic E-state index is 12.5. The highest BCUT2D eigenvalue weighted by Gasteiger charge is 2.60. The van der Waals surface area contributed by atoms with Gasteiger partial charge >= 0.3 is 5.97 Å². The molecule has 0 fully saturated rings. The van der Waals surface area contributed by atoms with Crippen molar-refractivity contribution in [3.63, 3.8) is 0 Å². The fourth-order valence-electron chi connectivity index (χ4n) is 3.88. The number of nitrogens with zero attached hydrogens (tertiary/aromatic N) is 1. The molecule has 2 heterocycles. The molecule has 1 aromatic heterocycles. The largest absolute Gasteiger partial charge is 0.467 e.